The van der Waals surface area contributed by atoms with Gasteiger partial charge in [0.25, 0.3) is 19.0 Å². The van der Waals surface area contributed by atoms with Crippen molar-refractivity contribution in [2.45, 2.75) is 19.6 Å². The minimum absolute atomic E-state index is 0.717. The van der Waals surface area contributed by atoms with Crippen molar-refractivity contribution in [3.8, 4) is 33.8 Å². The quantitative estimate of drug-likeness (QED) is 0.199. The van der Waals surface area contributed by atoms with E-state index in [-0.39, 0.29) is 0 Å². The average Bonchev–Trinajstić information content (AvgIpc) is 3.10. The van der Waals surface area contributed by atoms with E-state index >= 15 is 0 Å². The van der Waals surface area contributed by atoms with Crippen LogP contribution in [-0.2, 0) is 19.6 Å². The summed E-state index contributed by atoms with van der Waals surface area (Å²) in [7, 11) is 0. The Bertz CT molecular complexity index is 1730. The third kappa shape index (κ3) is 7.03. The molecule has 216 valence electrons. The highest BCUT2D eigenvalue weighted by Crippen LogP contribution is 2.17. The molecule has 6 heteroatoms. The SMILES string of the molecule is c1ccc(-c2cc[n+](Cc3cc(C[n+]4ccc(-c5ccccc5)nc4)cc(C[n+]4ccc(-c5ccccc5)nc4)c3)cn2)cc1. The molecule has 0 aliphatic carbocycles. The van der Waals surface area contributed by atoms with Crippen molar-refractivity contribution in [3.05, 3.63) is 182 Å². The lowest BCUT2D eigenvalue weighted by Gasteiger charge is -2.09. The minimum atomic E-state index is 0.717. The number of hydrogen-bond acceptors (Lipinski definition) is 3. The van der Waals surface area contributed by atoms with Crippen LogP contribution < -0.4 is 13.7 Å². The van der Waals surface area contributed by atoms with E-state index in [0.717, 1.165) is 33.8 Å². The molecule has 6 nitrogen and oxygen atoms in total. The predicted molar refractivity (Wildman–Crippen MR) is 173 cm³/mol. The fraction of sp³-hybridized carbons (Fsp3) is 0.0769. The molecule has 0 N–H and O–H groups in total. The number of hydrogen-bond donors (Lipinski definition) is 0. The number of rotatable bonds is 9. The van der Waals surface area contributed by atoms with Crippen LogP contribution in [0.2, 0.25) is 0 Å². The summed E-state index contributed by atoms with van der Waals surface area (Å²) in [4.78, 5) is 14.2. The van der Waals surface area contributed by atoms with Gasteiger partial charge in [0.1, 0.15) is 19.6 Å². The van der Waals surface area contributed by atoms with E-state index < -0.39 is 0 Å². The second-order valence-electron chi connectivity index (χ2n) is 11.1. The highest BCUT2D eigenvalue weighted by atomic mass is 15.0. The van der Waals surface area contributed by atoms with Crippen LogP contribution in [0, 0.1) is 0 Å². The van der Waals surface area contributed by atoms with E-state index in [1.807, 2.05) is 73.6 Å². The number of benzene rings is 4. The largest absolute Gasteiger partial charge is 0.287 e. The maximum absolute atomic E-state index is 4.73. The smallest absolute Gasteiger partial charge is 0.233 e. The molecular weight excluding hydrogens is 552 g/mol. The Balaban J connectivity index is 1.15. The van der Waals surface area contributed by atoms with Crippen molar-refractivity contribution in [3.63, 3.8) is 0 Å². The molecule has 0 aliphatic rings. The molecule has 0 bridgehead atoms. The average molecular weight is 586 g/mol. The first-order valence-corrected chi connectivity index (χ1v) is 15.1. The second kappa shape index (κ2) is 13.2. The van der Waals surface area contributed by atoms with Gasteiger partial charge in [-0.1, -0.05) is 91.0 Å². The summed E-state index contributed by atoms with van der Waals surface area (Å²) in [5.41, 5.74) is 9.87. The molecule has 0 unspecified atom stereocenters. The first kappa shape index (κ1) is 27.9. The van der Waals surface area contributed by atoms with Crippen molar-refractivity contribution in [2.75, 3.05) is 0 Å². The molecule has 0 fully saturated rings. The van der Waals surface area contributed by atoms with Gasteiger partial charge in [-0.2, -0.15) is 0 Å². The zero-order chi connectivity index (χ0) is 30.3. The highest BCUT2D eigenvalue weighted by Gasteiger charge is 2.13. The maximum Gasteiger partial charge on any atom is 0.287 e. The van der Waals surface area contributed by atoms with Gasteiger partial charge in [0.05, 0.1) is 18.6 Å². The van der Waals surface area contributed by atoms with Crippen LogP contribution in [-0.4, -0.2) is 15.0 Å². The van der Waals surface area contributed by atoms with Gasteiger partial charge in [-0.3, -0.25) is 0 Å². The van der Waals surface area contributed by atoms with Gasteiger partial charge in [0, 0.05) is 34.9 Å². The second-order valence-corrected chi connectivity index (χ2v) is 11.1. The Morgan fingerprint density at radius 1 is 0.356 bits per heavy atom. The standard InChI is InChI=1S/C39H33N6/c1-4-10-34(11-5-1)37-16-19-43(28-40-37)25-31-22-32(26-44-20-17-38(41-29-44)35-12-6-2-7-13-35)24-33(23-31)27-45-21-18-39(42-30-45)36-14-8-3-9-15-36/h1-24,28-30H,25-27H2/q+3. The van der Waals surface area contributed by atoms with Gasteiger partial charge >= 0.3 is 0 Å². The Kier molecular flexibility index (Phi) is 8.18. The van der Waals surface area contributed by atoms with Gasteiger partial charge in [-0.05, 0) is 49.8 Å². The minimum Gasteiger partial charge on any atom is -0.233 e. The lowest BCUT2D eigenvalue weighted by atomic mass is 10.0. The lowest BCUT2D eigenvalue weighted by Crippen LogP contribution is -2.36. The van der Waals surface area contributed by atoms with Crippen LogP contribution in [0.15, 0.2) is 165 Å². The Morgan fingerprint density at radius 2 is 0.644 bits per heavy atom. The summed E-state index contributed by atoms with van der Waals surface area (Å²) < 4.78 is 6.38. The van der Waals surface area contributed by atoms with Crippen molar-refractivity contribution >= 4 is 0 Å². The molecule has 0 radical (unpaired) electrons. The van der Waals surface area contributed by atoms with Crippen LogP contribution in [0.1, 0.15) is 16.7 Å². The molecule has 0 saturated heterocycles. The summed E-state index contributed by atoms with van der Waals surface area (Å²) in [6, 6.07) is 43.9. The van der Waals surface area contributed by atoms with E-state index in [1.54, 1.807) is 0 Å². The lowest BCUT2D eigenvalue weighted by molar-refractivity contribution is -0.693. The summed E-state index contributed by atoms with van der Waals surface area (Å²) >= 11 is 0. The van der Waals surface area contributed by atoms with Crippen LogP contribution >= 0.6 is 0 Å². The molecule has 45 heavy (non-hydrogen) atoms. The highest BCUT2D eigenvalue weighted by molar-refractivity contribution is 5.59. The zero-order valence-electron chi connectivity index (χ0n) is 24.9. The van der Waals surface area contributed by atoms with E-state index in [9.17, 15) is 0 Å². The number of nitrogens with zero attached hydrogens (tertiary/aromatic N) is 6. The molecule has 7 aromatic rings. The topological polar surface area (TPSA) is 50.3 Å². The van der Waals surface area contributed by atoms with Crippen LogP contribution in [0.3, 0.4) is 0 Å². The first-order valence-electron chi connectivity index (χ1n) is 15.1. The molecule has 3 aromatic heterocycles. The molecular formula is C39H33N6+3. The summed E-state index contributed by atoms with van der Waals surface area (Å²) in [5, 5.41) is 0. The van der Waals surface area contributed by atoms with Gasteiger partial charge in [-0.25, -0.2) is 13.7 Å². The molecule has 4 aromatic carbocycles. The molecule has 0 amide bonds. The normalized spacial score (nSPS) is 10.9. The van der Waals surface area contributed by atoms with Crippen LogP contribution in [0.25, 0.3) is 33.8 Å². The van der Waals surface area contributed by atoms with Crippen molar-refractivity contribution in [1.29, 1.82) is 0 Å². The molecule has 0 atom stereocenters. The van der Waals surface area contributed by atoms with Crippen molar-refractivity contribution in [1.82, 2.24) is 15.0 Å². The maximum atomic E-state index is 4.73. The van der Waals surface area contributed by atoms with E-state index in [2.05, 4.69) is 105 Å². The fourth-order valence-corrected chi connectivity index (χ4v) is 5.52. The molecule has 0 saturated carbocycles. The summed E-state index contributed by atoms with van der Waals surface area (Å²) in [5.74, 6) is 0. The van der Waals surface area contributed by atoms with E-state index in [0.29, 0.717) is 19.6 Å². The fourth-order valence-electron chi connectivity index (χ4n) is 5.52. The van der Waals surface area contributed by atoms with Gasteiger partial charge in [0.15, 0.2) is 17.1 Å². The van der Waals surface area contributed by atoms with Crippen LogP contribution in [0.4, 0.5) is 0 Å². The van der Waals surface area contributed by atoms with E-state index in [1.165, 1.54) is 16.7 Å². The van der Waals surface area contributed by atoms with Gasteiger partial charge in [-0.15, -0.1) is 0 Å². The Hall–Kier alpha value is -5.88. The van der Waals surface area contributed by atoms with Gasteiger partial charge < -0.3 is 0 Å². The van der Waals surface area contributed by atoms with Crippen molar-refractivity contribution in [2.24, 2.45) is 0 Å². The van der Waals surface area contributed by atoms with E-state index in [4.69, 9.17) is 15.0 Å². The van der Waals surface area contributed by atoms with Crippen LogP contribution in [0.5, 0.6) is 0 Å². The predicted octanol–water partition coefficient (Wildman–Crippen LogP) is 5.88. The summed E-state index contributed by atoms with van der Waals surface area (Å²) in [6.07, 6.45) is 12.0. The Morgan fingerprint density at radius 3 is 0.889 bits per heavy atom. The first-order chi connectivity index (χ1) is 22.2. The monoisotopic (exact) mass is 585 g/mol. The summed E-state index contributed by atoms with van der Waals surface area (Å²) in [6.45, 7) is 2.15. The third-order valence-electron chi connectivity index (χ3n) is 7.72. The molecule has 7 rings (SSSR count). The molecule has 3 heterocycles. The zero-order valence-corrected chi connectivity index (χ0v) is 24.9. The molecule has 0 spiro atoms. The molecule has 0 aliphatic heterocycles. The Labute approximate surface area is 263 Å². The third-order valence-corrected chi connectivity index (χ3v) is 7.72. The van der Waals surface area contributed by atoms with Crippen molar-refractivity contribution < 1.29 is 13.7 Å². The number of aromatic nitrogens is 6. The van der Waals surface area contributed by atoms with Gasteiger partial charge in [0.2, 0.25) is 0 Å².